The fourth-order valence-corrected chi connectivity index (χ4v) is 3.54. The zero-order chi connectivity index (χ0) is 20.7. The third kappa shape index (κ3) is 3.44. The molecule has 0 aliphatic carbocycles. The molecule has 9 heteroatoms. The first-order valence-electron chi connectivity index (χ1n) is 9.50. The monoisotopic (exact) mass is 422 g/mol. The largest absolute Gasteiger partial charge is 0.378 e. The number of halogens is 1. The molecule has 0 saturated carbocycles. The second-order valence-corrected chi connectivity index (χ2v) is 7.72. The van der Waals surface area contributed by atoms with Crippen molar-refractivity contribution in [2.45, 2.75) is 19.3 Å². The SMILES string of the molecule is CN(C)c1cccc(-c2nc(-c3nnn4c3COC(c3ccc(Cl)cc3)C4)no2)c1. The highest BCUT2D eigenvalue weighted by molar-refractivity contribution is 6.30. The van der Waals surface area contributed by atoms with Gasteiger partial charge in [-0.15, -0.1) is 5.10 Å². The van der Waals surface area contributed by atoms with Crippen molar-refractivity contribution in [1.29, 1.82) is 0 Å². The molecule has 1 aliphatic heterocycles. The van der Waals surface area contributed by atoms with Crippen molar-refractivity contribution in [3.63, 3.8) is 0 Å². The normalized spacial score (nSPS) is 15.8. The summed E-state index contributed by atoms with van der Waals surface area (Å²) in [5.41, 5.74) is 4.35. The second kappa shape index (κ2) is 7.55. The minimum Gasteiger partial charge on any atom is -0.378 e. The molecule has 152 valence electrons. The predicted molar refractivity (Wildman–Crippen MR) is 112 cm³/mol. The Kier molecular flexibility index (Phi) is 4.72. The summed E-state index contributed by atoms with van der Waals surface area (Å²) in [6.45, 7) is 0.912. The Morgan fingerprint density at radius 2 is 1.97 bits per heavy atom. The number of nitrogens with zero attached hydrogens (tertiary/aromatic N) is 6. The molecule has 3 heterocycles. The van der Waals surface area contributed by atoms with Crippen molar-refractivity contribution >= 4 is 17.3 Å². The van der Waals surface area contributed by atoms with Gasteiger partial charge >= 0.3 is 0 Å². The molecule has 4 aromatic rings. The zero-order valence-electron chi connectivity index (χ0n) is 16.5. The standard InChI is InChI=1S/C21H19ClN6O2/c1-27(2)16-5-3-4-14(10-16)21-23-20(25-30-21)19-17-12-29-18(11-28(17)26-24-19)13-6-8-15(22)9-7-13/h3-10,18H,11-12H2,1-2H3. The van der Waals surface area contributed by atoms with Crippen LogP contribution in [0, 0.1) is 0 Å². The highest BCUT2D eigenvalue weighted by Crippen LogP contribution is 2.31. The summed E-state index contributed by atoms with van der Waals surface area (Å²) in [4.78, 5) is 6.55. The van der Waals surface area contributed by atoms with Crippen LogP contribution in [-0.4, -0.2) is 39.2 Å². The number of hydrogen-bond donors (Lipinski definition) is 0. The molecule has 2 aromatic carbocycles. The Morgan fingerprint density at radius 3 is 2.77 bits per heavy atom. The third-order valence-electron chi connectivity index (χ3n) is 5.09. The van der Waals surface area contributed by atoms with Crippen LogP contribution in [-0.2, 0) is 17.9 Å². The molecule has 0 fully saturated rings. The number of benzene rings is 2. The predicted octanol–water partition coefficient (Wildman–Crippen LogP) is 3.99. The Labute approximate surface area is 178 Å². The maximum absolute atomic E-state index is 6.05. The second-order valence-electron chi connectivity index (χ2n) is 7.29. The topological polar surface area (TPSA) is 82.1 Å². The van der Waals surface area contributed by atoms with Crippen LogP contribution in [0.3, 0.4) is 0 Å². The van der Waals surface area contributed by atoms with Crippen LogP contribution in [0.2, 0.25) is 5.02 Å². The van der Waals surface area contributed by atoms with Crippen LogP contribution in [0.5, 0.6) is 0 Å². The van der Waals surface area contributed by atoms with Gasteiger partial charge in [-0.1, -0.05) is 40.2 Å². The third-order valence-corrected chi connectivity index (χ3v) is 5.34. The molecule has 0 spiro atoms. The fraction of sp³-hybridized carbons (Fsp3) is 0.238. The van der Waals surface area contributed by atoms with Gasteiger partial charge in [-0.3, -0.25) is 0 Å². The van der Waals surface area contributed by atoms with Gasteiger partial charge in [0.05, 0.1) is 18.8 Å². The molecule has 1 aliphatic rings. The van der Waals surface area contributed by atoms with Crippen LogP contribution in [0.25, 0.3) is 23.0 Å². The van der Waals surface area contributed by atoms with Gasteiger partial charge in [0.1, 0.15) is 6.10 Å². The molecule has 0 N–H and O–H groups in total. The van der Waals surface area contributed by atoms with Gasteiger partial charge in [0, 0.05) is 30.4 Å². The quantitative estimate of drug-likeness (QED) is 0.491. The summed E-state index contributed by atoms with van der Waals surface area (Å²) in [5, 5.41) is 13.4. The minimum atomic E-state index is -0.112. The van der Waals surface area contributed by atoms with E-state index in [1.165, 1.54) is 0 Å². The van der Waals surface area contributed by atoms with Crippen molar-refractivity contribution < 1.29 is 9.26 Å². The van der Waals surface area contributed by atoms with Gasteiger partial charge in [0.15, 0.2) is 5.69 Å². The lowest BCUT2D eigenvalue weighted by atomic mass is 10.1. The van der Waals surface area contributed by atoms with E-state index in [2.05, 4.69) is 20.5 Å². The average Bonchev–Trinajstić information content (AvgIpc) is 3.41. The van der Waals surface area contributed by atoms with Gasteiger partial charge in [0.25, 0.3) is 5.89 Å². The first-order chi connectivity index (χ1) is 14.6. The van der Waals surface area contributed by atoms with Crippen molar-refractivity contribution in [3.8, 4) is 23.0 Å². The number of anilines is 1. The molecule has 1 unspecified atom stereocenters. The fourth-order valence-electron chi connectivity index (χ4n) is 3.42. The van der Waals surface area contributed by atoms with E-state index in [1.807, 2.05) is 72.2 Å². The van der Waals surface area contributed by atoms with Crippen molar-refractivity contribution in [2.24, 2.45) is 0 Å². The van der Waals surface area contributed by atoms with Crippen LogP contribution in [0.4, 0.5) is 5.69 Å². The molecule has 0 saturated heterocycles. The smallest absolute Gasteiger partial charge is 0.258 e. The Bertz CT molecular complexity index is 1180. The number of fused-ring (bicyclic) bond motifs is 1. The van der Waals surface area contributed by atoms with Crippen molar-refractivity contribution in [3.05, 3.63) is 64.8 Å². The van der Waals surface area contributed by atoms with Gasteiger partial charge < -0.3 is 14.2 Å². The minimum absolute atomic E-state index is 0.112. The zero-order valence-corrected chi connectivity index (χ0v) is 17.2. The molecule has 5 rings (SSSR count). The lowest BCUT2D eigenvalue weighted by molar-refractivity contribution is -0.00111. The van der Waals surface area contributed by atoms with E-state index in [0.29, 0.717) is 35.6 Å². The van der Waals surface area contributed by atoms with E-state index in [9.17, 15) is 0 Å². The molecule has 30 heavy (non-hydrogen) atoms. The van der Waals surface area contributed by atoms with Gasteiger partial charge in [0.2, 0.25) is 5.82 Å². The first kappa shape index (κ1) is 18.8. The number of rotatable bonds is 4. The average molecular weight is 423 g/mol. The van der Waals surface area contributed by atoms with Crippen LogP contribution >= 0.6 is 11.6 Å². The molecule has 0 amide bonds. The Balaban J connectivity index is 1.40. The lowest BCUT2D eigenvalue weighted by Gasteiger charge is -2.24. The maximum Gasteiger partial charge on any atom is 0.258 e. The van der Waals surface area contributed by atoms with Gasteiger partial charge in [-0.25, -0.2) is 4.68 Å². The molecular formula is C21H19ClN6O2. The van der Waals surface area contributed by atoms with Crippen LogP contribution < -0.4 is 4.90 Å². The number of ether oxygens (including phenoxy) is 1. The van der Waals surface area contributed by atoms with E-state index in [4.69, 9.17) is 20.9 Å². The van der Waals surface area contributed by atoms with E-state index in [-0.39, 0.29) is 6.10 Å². The maximum atomic E-state index is 6.05. The van der Waals surface area contributed by atoms with Crippen LogP contribution in [0.1, 0.15) is 17.4 Å². The van der Waals surface area contributed by atoms with E-state index >= 15 is 0 Å². The van der Waals surface area contributed by atoms with Crippen LogP contribution in [0.15, 0.2) is 53.1 Å². The van der Waals surface area contributed by atoms with E-state index in [1.54, 1.807) is 0 Å². The molecule has 8 nitrogen and oxygen atoms in total. The van der Waals surface area contributed by atoms with E-state index < -0.39 is 0 Å². The molecule has 0 bridgehead atoms. The van der Waals surface area contributed by atoms with E-state index in [0.717, 1.165) is 22.5 Å². The first-order valence-corrected chi connectivity index (χ1v) is 9.87. The molecule has 1 atom stereocenters. The van der Waals surface area contributed by atoms with Crippen molar-refractivity contribution in [2.75, 3.05) is 19.0 Å². The highest BCUT2D eigenvalue weighted by Gasteiger charge is 2.27. The molecule has 2 aromatic heterocycles. The van der Waals surface area contributed by atoms with Gasteiger partial charge in [-0.05, 0) is 35.9 Å². The summed E-state index contributed by atoms with van der Waals surface area (Å²) in [6, 6.07) is 15.5. The summed E-state index contributed by atoms with van der Waals surface area (Å²) in [5.74, 6) is 0.835. The summed E-state index contributed by atoms with van der Waals surface area (Å²) < 4.78 is 13.4. The summed E-state index contributed by atoms with van der Waals surface area (Å²) >= 11 is 5.98. The number of hydrogen-bond acceptors (Lipinski definition) is 7. The molecular weight excluding hydrogens is 404 g/mol. The molecule has 0 radical (unpaired) electrons. The van der Waals surface area contributed by atoms with Gasteiger partial charge in [-0.2, -0.15) is 4.98 Å². The van der Waals surface area contributed by atoms with Crippen molar-refractivity contribution in [1.82, 2.24) is 25.1 Å². The lowest BCUT2D eigenvalue weighted by Crippen LogP contribution is -2.22. The highest BCUT2D eigenvalue weighted by atomic mass is 35.5. The summed E-state index contributed by atoms with van der Waals surface area (Å²) in [7, 11) is 3.97. The Morgan fingerprint density at radius 1 is 1.13 bits per heavy atom. The summed E-state index contributed by atoms with van der Waals surface area (Å²) in [6.07, 6.45) is -0.112. The Hall–Kier alpha value is -3.23. The number of aromatic nitrogens is 5.